The molecule has 0 atom stereocenters. The van der Waals surface area contributed by atoms with Crippen LogP contribution in [0.15, 0.2) is 54.1 Å². The summed E-state index contributed by atoms with van der Waals surface area (Å²) < 4.78 is 44.3. The molecule has 5 aromatic heterocycles. The summed E-state index contributed by atoms with van der Waals surface area (Å²) in [5.74, 6) is -0.780. The number of alkyl halides is 3. The Labute approximate surface area is 320 Å². The van der Waals surface area contributed by atoms with Crippen LogP contribution in [0.2, 0.25) is 5.02 Å². The van der Waals surface area contributed by atoms with Crippen LogP contribution >= 0.6 is 11.6 Å². The van der Waals surface area contributed by atoms with Gasteiger partial charge in [-0.25, -0.2) is 19.9 Å². The standard InChI is InChI=1S/C36H32ClF3N12O4/c1-19-29(54)28(44-18-43-19)33(56)50-10-8-35(9-11-50)7-3-4-25-27(35)32(55)52-34(47-31(48-52)20-13-41-30(42-14-20)21-15-45-49(2)16-21)51(25)17-26(53)46-24-6-5-22(12-23(24)37)36(38,39)40/h5-6,12-16,18,54H,3-4,7-11,17H2,1-2H3,(H,46,53). The fourth-order valence-corrected chi connectivity index (χ4v) is 7.79. The summed E-state index contributed by atoms with van der Waals surface area (Å²) in [7, 11) is 1.77. The van der Waals surface area contributed by atoms with Crippen molar-refractivity contribution in [1.82, 2.24) is 53.8 Å². The molecule has 1 aliphatic heterocycles. The number of anilines is 1. The molecular formula is C36H32ClF3N12O4. The molecule has 288 valence electrons. The molecule has 0 bridgehead atoms. The van der Waals surface area contributed by atoms with Gasteiger partial charge in [-0.3, -0.25) is 19.1 Å². The first kappa shape index (κ1) is 36.7. The maximum Gasteiger partial charge on any atom is 0.416 e. The van der Waals surface area contributed by atoms with Gasteiger partial charge in [0, 0.05) is 55.4 Å². The molecule has 6 aromatic rings. The minimum Gasteiger partial charge on any atom is -0.504 e. The van der Waals surface area contributed by atoms with Crippen molar-refractivity contribution in [2.45, 2.75) is 57.2 Å². The lowest BCUT2D eigenvalue weighted by atomic mass is 9.66. The number of carbonyl (C=O) groups excluding carboxylic acids is 2. The zero-order chi connectivity index (χ0) is 39.5. The van der Waals surface area contributed by atoms with Crippen LogP contribution in [0.1, 0.15) is 58.7 Å². The molecule has 1 spiro atoms. The zero-order valence-electron chi connectivity index (χ0n) is 29.9. The third-order valence-corrected chi connectivity index (χ3v) is 10.7. The van der Waals surface area contributed by atoms with Crippen molar-refractivity contribution in [1.29, 1.82) is 0 Å². The van der Waals surface area contributed by atoms with Crippen LogP contribution in [0, 0.1) is 6.92 Å². The lowest BCUT2D eigenvalue weighted by Crippen LogP contribution is -2.50. The van der Waals surface area contributed by atoms with E-state index in [-0.39, 0.29) is 59.1 Å². The molecule has 1 fully saturated rings. The number of fused-ring (bicyclic) bond motifs is 3. The third-order valence-electron chi connectivity index (χ3n) is 10.4. The smallest absolute Gasteiger partial charge is 0.416 e. The highest BCUT2D eigenvalue weighted by Gasteiger charge is 2.45. The van der Waals surface area contributed by atoms with Gasteiger partial charge in [-0.15, -0.1) is 5.10 Å². The number of nitrogens with zero attached hydrogens (tertiary/aromatic N) is 11. The van der Waals surface area contributed by atoms with Crippen LogP contribution in [0.4, 0.5) is 18.9 Å². The van der Waals surface area contributed by atoms with Crippen molar-refractivity contribution in [2.24, 2.45) is 7.05 Å². The van der Waals surface area contributed by atoms with Crippen molar-refractivity contribution >= 4 is 34.9 Å². The molecule has 0 unspecified atom stereocenters. The van der Waals surface area contributed by atoms with E-state index in [9.17, 15) is 32.7 Å². The summed E-state index contributed by atoms with van der Waals surface area (Å²) >= 11 is 6.17. The second kappa shape index (κ2) is 13.8. The van der Waals surface area contributed by atoms with Gasteiger partial charge in [0.25, 0.3) is 11.5 Å². The Kier molecular flexibility index (Phi) is 9.05. The number of hydrogen-bond donors (Lipinski definition) is 2. The number of aryl methyl sites for hydroxylation is 2. The van der Waals surface area contributed by atoms with Crippen molar-refractivity contribution in [2.75, 3.05) is 18.4 Å². The summed E-state index contributed by atoms with van der Waals surface area (Å²) in [6, 6.07) is 2.63. The average molecular weight is 789 g/mol. The van der Waals surface area contributed by atoms with Crippen molar-refractivity contribution in [3.63, 3.8) is 0 Å². The van der Waals surface area contributed by atoms with Crippen molar-refractivity contribution < 1.29 is 27.9 Å². The van der Waals surface area contributed by atoms with Crippen LogP contribution in [-0.4, -0.2) is 83.8 Å². The number of carbonyl (C=O) groups is 2. The van der Waals surface area contributed by atoms with Gasteiger partial charge in [-0.05, 0) is 57.2 Å². The van der Waals surface area contributed by atoms with E-state index in [1.165, 1.54) is 18.7 Å². The number of amides is 2. The predicted octanol–water partition coefficient (Wildman–Crippen LogP) is 4.37. The molecule has 56 heavy (non-hydrogen) atoms. The maximum atomic E-state index is 14.6. The highest BCUT2D eigenvalue weighted by atomic mass is 35.5. The Morgan fingerprint density at radius 2 is 1.77 bits per heavy atom. The van der Waals surface area contributed by atoms with Gasteiger partial charge in [0.1, 0.15) is 12.9 Å². The summed E-state index contributed by atoms with van der Waals surface area (Å²) in [4.78, 5) is 64.8. The number of hydrogen-bond acceptors (Lipinski definition) is 11. The van der Waals surface area contributed by atoms with E-state index in [0.29, 0.717) is 60.3 Å². The first-order valence-corrected chi connectivity index (χ1v) is 17.9. The average Bonchev–Trinajstić information content (AvgIpc) is 3.82. The Balaban J connectivity index is 1.17. The third kappa shape index (κ3) is 6.50. The molecule has 1 aromatic carbocycles. The number of benzene rings is 1. The van der Waals surface area contributed by atoms with Gasteiger partial charge in [-0.2, -0.15) is 27.8 Å². The summed E-state index contributed by atoms with van der Waals surface area (Å²) in [6.07, 6.45) is 5.49. The Hall–Kier alpha value is -6.24. The minimum atomic E-state index is -4.63. The molecule has 0 saturated carbocycles. The zero-order valence-corrected chi connectivity index (χ0v) is 30.6. The first-order valence-electron chi connectivity index (χ1n) is 17.5. The normalized spacial score (nSPS) is 15.3. The van der Waals surface area contributed by atoms with Crippen LogP contribution in [-0.2, 0) is 36.4 Å². The number of halogens is 4. The quantitative estimate of drug-likeness (QED) is 0.244. The summed E-state index contributed by atoms with van der Waals surface area (Å²) in [6.45, 7) is 1.70. The highest BCUT2D eigenvalue weighted by molar-refractivity contribution is 6.33. The lowest BCUT2D eigenvalue weighted by Gasteiger charge is -2.45. The van der Waals surface area contributed by atoms with Crippen LogP contribution in [0.5, 0.6) is 5.75 Å². The molecule has 2 aliphatic rings. The molecule has 16 nitrogen and oxygen atoms in total. The van der Waals surface area contributed by atoms with Gasteiger partial charge in [0.2, 0.25) is 11.7 Å². The topological polar surface area (TPSA) is 191 Å². The first-order chi connectivity index (χ1) is 26.7. The molecule has 20 heteroatoms. The second-order valence-corrected chi connectivity index (χ2v) is 14.3. The van der Waals surface area contributed by atoms with E-state index in [1.807, 2.05) is 0 Å². The van der Waals surface area contributed by atoms with Gasteiger partial charge < -0.3 is 19.9 Å². The molecule has 1 aliphatic carbocycles. The molecule has 1 saturated heterocycles. The monoisotopic (exact) mass is 788 g/mol. The van der Waals surface area contributed by atoms with Gasteiger partial charge >= 0.3 is 6.18 Å². The second-order valence-electron chi connectivity index (χ2n) is 13.9. The van der Waals surface area contributed by atoms with Crippen LogP contribution < -0.4 is 10.9 Å². The number of rotatable bonds is 6. The predicted molar refractivity (Wildman–Crippen MR) is 194 cm³/mol. The Morgan fingerprint density at radius 1 is 1.02 bits per heavy atom. The molecule has 8 rings (SSSR count). The van der Waals surface area contributed by atoms with Crippen molar-refractivity contribution in [3.05, 3.63) is 92.9 Å². The number of aromatic hydroxyl groups is 1. The number of aromatic nitrogens is 10. The Morgan fingerprint density at radius 3 is 2.45 bits per heavy atom. The van der Waals surface area contributed by atoms with Gasteiger partial charge in [0.05, 0.1) is 39.3 Å². The Bertz CT molecular complexity index is 2600. The fourth-order valence-electron chi connectivity index (χ4n) is 7.57. The SMILES string of the molecule is Cc1ncnc(C(=O)N2CCC3(CCCc4c3c(=O)n3nc(-c5cnc(-c6cnn(C)c6)nc5)nc3n4CC(=O)Nc3ccc(C(F)(F)F)cc3Cl)CC2)c1O. The summed E-state index contributed by atoms with van der Waals surface area (Å²) in [5.41, 5.74) is 0.156. The van der Waals surface area contributed by atoms with Gasteiger partial charge in [0.15, 0.2) is 23.1 Å². The number of piperidine rings is 1. The van der Waals surface area contributed by atoms with E-state index >= 15 is 0 Å². The molecule has 2 amide bonds. The maximum absolute atomic E-state index is 14.6. The van der Waals surface area contributed by atoms with Crippen LogP contribution in [0.3, 0.4) is 0 Å². The molecule has 0 radical (unpaired) electrons. The minimum absolute atomic E-state index is 0.0259. The lowest BCUT2D eigenvalue weighted by molar-refractivity contribution is -0.137. The highest BCUT2D eigenvalue weighted by Crippen LogP contribution is 2.44. The van der Waals surface area contributed by atoms with E-state index in [2.05, 4.69) is 35.5 Å². The summed E-state index contributed by atoms with van der Waals surface area (Å²) in [5, 5.41) is 21.5. The molecule has 6 heterocycles. The van der Waals surface area contributed by atoms with E-state index in [1.54, 1.807) is 40.5 Å². The van der Waals surface area contributed by atoms with Gasteiger partial charge in [-0.1, -0.05) is 11.6 Å². The van der Waals surface area contributed by atoms with E-state index in [0.717, 1.165) is 22.7 Å². The van der Waals surface area contributed by atoms with Crippen molar-refractivity contribution in [3.8, 4) is 28.5 Å². The van der Waals surface area contributed by atoms with E-state index in [4.69, 9.17) is 16.6 Å². The largest absolute Gasteiger partial charge is 0.504 e. The number of nitrogens with one attached hydrogen (secondary N) is 1. The fraction of sp³-hybridized carbons (Fsp3) is 0.333. The van der Waals surface area contributed by atoms with Crippen LogP contribution in [0.25, 0.3) is 28.6 Å². The molecule has 2 N–H and O–H groups in total. The van der Waals surface area contributed by atoms with E-state index < -0.39 is 34.5 Å². The number of likely N-dealkylation sites (tertiary alicyclic amines) is 1. The molecular weight excluding hydrogens is 757 g/mol.